The van der Waals surface area contributed by atoms with Crippen molar-refractivity contribution in [2.45, 2.75) is 83.5 Å². The van der Waals surface area contributed by atoms with E-state index in [0.29, 0.717) is 0 Å². The highest BCUT2D eigenvalue weighted by Gasteiger charge is 2.18. The normalized spacial score (nSPS) is 12.0. The van der Waals surface area contributed by atoms with E-state index >= 15 is 0 Å². The van der Waals surface area contributed by atoms with Gasteiger partial charge in [0.1, 0.15) is 0 Å². The van der Waals surface area contributed by atoms with Crippen LogP contribution in [0.25, 0.3) is 0 Å². The molecule has 0 aliphatic carbocycles. The van der Waals surface area contributed by atoms with Crippen LogP contribution in [0.2, 0.25) is 25.2 Å². The number of halogens is 1. The minimum absolute atomic E-state index is 0.792. The summed E-state index contributed by atoms with van der Waals surface area (Å²) in [4.78, 5) is 0. The first kappa shape index (κ1) is 16.9. The van der Waals surface area contributed by atoms with Gasteiger partial charge in [0.25, 0.3) is 0 Å². The highest BCUT2D eigenvalue weighted by molar-refractivity contribution is 14.1. The fourth-order valence-corrected chi connectivity index (χ4v) is 8.47. The van der Waals surface area contributed by atoms with Gasteiger partial charge in [-0.2, -0.15) is 0 Å². The third-order valence-corrected chi connectivity index (χ3v) is 8.35. The van der Waals surface area contributed by atoms with Gasteiger partial charge in [-0.15, -0.1) is 0 Å². The topological polar surface area (TPSA) is 0 Å². The molecule has 0 saturated heterocycles. The quantitative estimate of drug-likeness (QED) is 0.177. The predicted molar refractivity (Wildman–Crippen MR) is 88.6 cm³/mol. The van der Waals surface area contributed by atoms with Crippen LogP contribution in [-0.2, 0) is 0 Å². The van der Waals surface area contributed by atoms with Crippen molar-refractivity contribution >= 4 is 30.7 Å². The van der Waals surface area contributed by atoms with E-state index < -0.39 is 8.07 Å². The molecular formula is C14H31ISi. The second kappa shape index (κ2) is 11.1. The lowest BCUT2D eigenvalue weighted by Gasteiger charge is -2.20. The number of rotatable bonds is 11. The van der Waals surface area contributed by atoms with Gasteiger partial charge in [0.2, 0.25) is 0 Å². The molecule has 16 heavy (non-hydrogen) atoms. The minimum Gasteiger partial charge on any atom is -0.0867 e. The number of alkyl halides is 1. The molecule has 2 heteroatoms. The summed E-state index contributed by atoms with van der Waals surface area (Å²) < 4.78 is 1.37. The molecule has 0 radical (unpaired) electrons. The predicted octanol–water partition coefficient (Wildman–Crippen LogP) is 6.27. The Labute approximate surface area is 118 Å². The Morgan fingerprint density at radius 1 is 0.750 bits per heavy atom. The van der Waals surface area contributed by atoms with Crippen LogP contribution in [0.15, 0.2) is 0 Å². The van der Waals surface area contributed by atoms with Crippen molar-refractivity contribution < 1.29 is 0 Å². The molecular weight excluding hydrogens is 323 g/mol. The van der Waals surface area contributed by atoms with E-state index in [1.165, 1.54) is 61.8 Å². The zero-order valence-corrected chi connectivity index (χ0v) is 14.8. The van der Waals surface area contributed by atoms with Crippen LogP contribution < -0.4 is 0 Å². The summed E-state index contributed by atoms with van der Waals surface area (Å²) in [6.45, 7) is 7.42. The third-order valence-electron chi connectivity index (χ3n) is 3.48. The summed E-state index contributed by atoms with van der Waals surface area (Å²) in [5.41, 5.74) is 0. The van der Waals surface area contributed by atoms with Gasteiger partial charge in [-0.25, -0.2) is 0 Å². The molecule has 0 aromatic rings. The molecule has 0 N–H and O–H groups in total. The average molecular weight is 354 g/mol. The zero-order chi connectivity index (χ0) is 12.3. The van der Waals surface area contributed by atoms with Crippen molar-refractivity contribution in [2.24, 2.45) is 0 Å². The standard InChI is InChI=1S/C14H31ISi/c1-4-5-6-7-8-9-10-11-13-16(2,3)14-12-15/h4-14H2,1-3H3. The van der Waals surface area contributed by atoms with Crippen molar-refractivity contribution in [3.05, 3.63) is 0 Å². The SMILES string of the molecule is CCCCCCCCCC[Si](C)(C)CCI. The Morgan fingerprint density at radius 3 is 1.75 bits per heavy atom. The molecule has 0 fully saturated rings. The van der Waals surface area contributed by atoms with Gasteiger partial charge in [-0.05, 0) is 10.5 Å². The highest BCUT2D eigenvalue weighted by atomic mass is 127. The summed E-state index contributed by atoms with van der Waals surface area (Å²) >= 11 is 2.53. The molecule has 0 bridgehead atoms. The lowest BCUT2D eigenvalue weighted by atomic mass is 10.1. The van der Waals surface area contributed by atoms with E-state index in [2.05, 4.69) is 42.6 Å². The Balaban J connectivity index is 3.20. The second-order valence-electron chi connectivity index (χ2n) is 5.83. The molecule has 0 aliphatic heterocycles. The zero-order valence-electron chi connectivity index (χ0n) is 11.7. The van der Waals surface area contributed by atoms with Gasteiger partial charge in [0, 0.05) is 8.07 Å². The molecule has 98 valence electrons. The minimum atomic E-state index is -0.792. The molecule has 0 heterocycles. The molecule has 0 spiro atoms. The largest absolute Gasteiger partial charge is 0.0867 e. The first-order chi connectivity index (χ1) is 7.62. The van der Waals surface area contributed by atoms with Crippen molar-refractivity contribution in [2.75, 3.05) is 4.43 Å². The van der Waals surface area contributed by atoms with Crippen LogP contribution in [0.4, 0.5) is 0 Å². The van der Waals surface area contributed by atoms with Crippen molar-refractivity contribution in [1.82, 2.24) is 0 Å². The number of hydrogen-bond donors (Lipinski definition) is 0. The summed E-state index contributed by atoms with van der Waals surface area (Å²) in [7, 11) is -0.792. The van der Waals surface area contributed by atoms with Gasteiger partial charge >= 0.3 is 0 Å². The lowest BCUT2D eigenvalue weighted by Crippen LogP contribution is -2.24. The number of hydrogen-bond acceptors (Lipinski definition) is 0. The summed E-state index contributed by atoms with van der Waals surface area (Å²) in [5, 5.41) is 0. The maximum absolute atomic E-state index is 2.56. The fourth-order valence-electron chi connectivity index (χ4n) is 2.12. The molecule has 0 nitrogen and oxygen atoms in total. The van der Waals surface area contributed by atoms with Gasteiger partial charge in [0.15, 0.2) is 0 Å². The van der Waals surface area contributed by atoms with Gasteiger partial charge in [0.05, 0.1) is 0 Å². The molecule has 0 rings (SSSR count). The summed E-state index contributed by atoms with van der Waals surface area (Å²) in [6.07, 6.45) is 11.7. The van der Waals surface area contributed by atoms with Crippen LogP contribution in [-0.4, -0.2) is 12.5 Å². The van der Waals surface area contributed by atoms with Crippen molar-refractivity contribution in [3.8, 4) is 0 Å². The molecule has 0 saturated carbocycles. The summed E-state index contributed by atoms with van der Waals surface area (Å²) in [5.74, 6) is 0. The first-order valence-corrected chi connectivity index (χ1v) is 12.1. The van der Waals surface area contributed by atoms with E-state index in [0.717, 1.165) is 0 Å². The monoisotopic (exact) mass is 354 g/mol. The van der Waals surface area contributed by atoms with Crippen LogP contribution in [0, 0.1) is 0 Å². The highest BCUT2D eigenvalue weighted by Crippen LogP contribution is 2.21. The van der Waals surface area contributed by atoms with E-state index in [1.54, 1.807) is 6.04 Å². The molecule has 0 atom stereocenters. The van der Waals surface area contributed by atoms with Crippen LogP contribution in [0.3, 0.4) is 0 Å². The van der Waals surface area contributed by atoms with E-state index in [-0.39, 0.29) is 0 Å². The van der Waals surface area contributed by atoms with Gasteiger partial charge in [-0.1, -0.05) is 100 Å². The van der Waals surface area contributed by atoms with Crippen molar-refractivity contribution in [3.63, 3.8) is 0 Å². The average Bonchev–Trinajstić information content (AvgIpc) is 2.22. The summed E-state index contributed by atoms with van der Waals surface area (Å²) in [6, 6.07) is 3.08. The molecule has 0 unspecified atom stereocenters. The van der Waals surface area contributed by atoms with Gasteiger partial charge < -0.3 is 0 Å². The van der Waals surface area contributed by atoms with Gasteiger partial charge in [-0.3, -0.25) is 0 Å². The maximum atomic E-state index is 2.56. The Kier molecular flexibility index (Phi) is 11.7. The van der Waals surface area contributed by atoms with Crippen LogP contribution in [0.1, 0.15) is 58.3 Å². The first-order valence-electron chi connectivity index (χ1n) is 7.18. The molecule has 0 aromatic carbocycles. The smallest absolute Gasteiger partial charge is 0.0481 e. The molecule has 0 aliphatic rings. The second-order valence-corrected chi connectivity index (χ2v) is 12.2. The third kappa shape index (κ3) is 11.4. The fraction of sp³-hybridized carbons (Fsp3) is 1.00. The number of unbranched alkanes of at least 4 members (excludes halogenated alkanes) is 7. The van der Waals surface area contributed by atoms with Crippen LogP contribution >= 0.6 is 22.6 Å². The molecule has 0 amide bonds. The van der Waals surface area contributed by atoms with Crippen molar-refractivity contribution in [1.29, 1.82) is 0 Å². The lowest BCUT2D eigenvalue weighted by molar-refractivity contribution is 0.584. The Bertz CT molecular complexity index is 146. The van der Waals surface area contributed by atoms with E-state index in [4.69, 9.17) is 0 Å². The molecule has 0 aromatic heterocycles. The van der Waals surface area contributed by atoms with E-state index in [1.807, 2.05) is 0 Å². The Morgan fingerprint density at radius 2 is 1.25 bits per heavy atom. The van der Waals surface area contributed by atoms with Crippen LogP contribution in [0.5, 0.6) is 0 Å². The van der Waals surface area contributed by atoms with E-state index in [9.17, 15) is 0 Å². The maximum Gasteiger partial charge on any atom is 0.0481 e. The Hall–Kier alpha value is 0.947.